The molecular formula is C18H26O5. The number of hydrogen-bond donors (Lipinski definition) is 0. The number of hydrogen-bond acceptors (Lipinski definition) is 5. The third-order valence-corrected chi connectivity index (χ3v) is 4.01. The summed E-state index contributed by atoms with van der Waals surface area (Å²) in [5.74, 6) is 0.0250. The molecule has 2 rings (SSSR count). The van der Waals surface area contributed by atoms with E-state index >= 15 is 0 Å². The van der Waals surface area contributed by atoms with Gasteiger partial charge >= 0.3 is 0 Å². The molecule has 0 radical (unpaired) electrons. The Morgan fingerprint density at radius 2 is 2.04 bits per heavy atom. The summed E-state index contributed by atoms with van der Waals surface area (Å²) in [4.78, 5) is 11.2. The Hall–Kier alpha value is -1.43. The van der Waals surface area contributed by atoms with Crippen molar-refractivity contribution in [2.24, 2.45) is 11.8 Å². The first-order valence-electron chi connectivity index (χ1n) is 7.93. The highest BCUT2D eigenvalue weighted by atomic mass is 16.7. The van der Waals surface area contributed by atoms with Crippen molar-refractivity contribution in [1.29, 1.82) is 0 Å². The number of aldehydes is 1. The minimum atomic E-state index is -0.658. The van der Waals surface area contributed by atoms with Crippen molar-refractivity contribution >= 4 is 6.29 Å². The molecule has 1 saturated heterocycles. The largest absolute Gasteiger partial charge is 0.497 e. The van der Waals surface area contributed by atoms with Gasteiger partial charge in [0.1, 0.15) is 12.0 Å². The van der Waals surface area contributed by atoms with Crippen molar-refractivity contribution < 1.29 is 23.7 Å². The van der Waals surface area contributed by atoms with Gasteiger partial charge in [0.15, 0.2) is 5.79 Å². The van der Waals surface area contributed by atoms with Crippen LogP contribution in [0.5, 0.6) is 5.75 Å². The van der Waals surface area contributed by atoms with E-state index in [1.165, 1.54) is 0 Å². The van der Waals surface area contributed by atoms with Gasteiger partial charge in [0.05, 0.1) is 39.0 Å². The van der Waals surface area contributed by atoms with Crippen LogP contribution in [0.1, 0.15) is 26.3 Å². The maximum Gasteiger partial charge on any atom is 0.163 e. The first-order chi connectivity index (χ1) is 10.9. The summed E-state index contributed by atoms with van der Waals surface area (Å²) in [7, 11) is 1.64. The van der Waals surface area contributed by atoms with Crippen LogP contribution in [0.4, 0.5) is 0 Å². The van der Waals surface area contributed by atoms with Crippen molar-refractivity contribution in [2.45, 2.75) is 39.3 Å². The zero-order valence-electron chi connectivity index (χ0n) is 14.3. The van der Waals surface area contributed by atoms with Crippen LogP contribution in [0, 0.1) is 11.8 Å². The maximum atomic E-state index is 11.2. The SMILES string of the molecule is COc1ccc(COC[C@@H](C)[C@H]2OC(C)(C)OC[C@@H]2C=O)cc1. The summed E-state index contributed by atoms with van der Waals surface area (Å²) in [5.41, 5.74) is 1.08. The summed E-state index contributed by atoms with van der Waals surface area (Å²) in [6.07, 6.45) is 0.729. The predicted octanol–water partition coefficient (Wildman–Crippen LogP) is 2.81. The molecule has 0 aliphatic carbocycles. The van der Waals surface area contributed by atoms with Crippen molar-refractivity contribution in [3.8, 4) is 5.75 Å². The van der Waals surface area contributed by atoms with Crippen LogP contribution in [0.3, 0.4) is 0 Å². The molecule has 5 heteroatoms. The summed E-state index contributed by atoms with van der Waals surface area (Å²) < 4.78 is 22.4. The number of benzene rings is 1. The van der Waals surface area contributed by atoms with Gasteiger partial charge < -0.3 is 23.7 Å². The van der Waals surface area contributed by atoms with Crippen LogP contribution in [-0.2, 0) is 25.6 Å². The van der Waals surface area contributed by atoms with Gasteiger partial charge in [-0.1, -0.05) is 19.1 Å². The first-order valence-corrected chi connectivity index (χ1v) is 7.93. The third-order valence-electron chi connectivity index (χ3n) is 4.01. The second-order valence-electron chi connectivity index (χ2n) is 6.43. The average Bonchev–Trinajstić information content (AvgIpc) is 2.54. The molecule has 1 aromatic carbocycles. The number of ether oxygens (including phenoxy) is 4. The van der Waals surface area contributed by atoms with E-state index in [-0.39, 0.29) is 17.9 Å². The Labute approximate surface area is 137 Å². The van der Waals surface area contributed by atoms with Gasteiger partial charge in [-0.15, -0.1) is 0 Å². The Morgan fingerprint density at radius 3 is 2.65 bits per heavy atom. The lowest BCUT2D eigenvalue weighted by atomic mass is 9.92. The molecule has 0 N–H and O–H groups in total. The number of carbonyl (C=O) groups is 1. The van der Waals surface area contributed by atoms with Gasteiger partial charge in [-0.25, -0.2) is 0 Å². The molecule has 0 unspecified atom stereocenters. The molecule has 128 valence electrons. The van der Waals surface area contributed by atoms with Crippen LogP contribution < -0.4 is 4.74 Å². The fourth-order valence-corrected chi connectivity index (χ4v) is 2.68. The molecule has 0 saturated carbocycles. The molecule has 5 nitrogen and oxygen atoms in total. The molecule has 0 spiro atoms. The molecule has 1 aliphatic heterocycles. The quantitative estimate of drug-likeness (QED) is 0.723. The minimum Gasteiger partial charge on any atom is -0.497 e. The molecule has 0 bridgehead atoms. The molecule has 23 heavy (non-hydrogen) atoms. The first kappa shape index (κ1) is 17.9. The van der Waals surface area contributed by atoms with E-state index in [0.29, 0.717) is 19.8 Å². The van der Waals surface area contributed by atoms with Crippen molar-refractivity contribution in [1.82, 2.24) is 0 Å². The van der Waals surface area contributed by atoms with Crippen molar-refractivity contribution in [2.75, 3.05) is 20.3 Å². The smallest absolute Gasteiger partial charge is 0.163 e. The zero-order chi connectivity index (χ0) is 16.9. The van der Waals surface area contributed by atoms with E-state index in [1.54, 1.807) is 7.11 Å². The van der Waals surface area contributed by atoms with Crippen molar-refractivity contribution in [3.63, 3.8) is 0 Å². The van der Waals surface area contributed by atoms with Gasteiger partial charge in [0.25, 0.3) is 0 Å². The van der Waals surface area contributed by atoms with Gasteiger partial charge in [0.2, 0.25) is 0 Å². The fraction of sp³-hybridized carbons (Fsp3) is 0.611. The van der Waals surface area contributed by atoms with E-state index in [4.69, 9.17) is 18.9 Å². The summed E-state index contributed by atoms with van der Waals surface area (Å²) in [6.45, 7) is 7.21. The lowest BCUT2D eigenvalue weighted by Crippen LogP contribution is -2.49. The zero-order valence-corrected chi connectivity index (χ0v) is 14.3. The molecule has 1 aromatic rings. The lowest BCUT2D eigenvalue weighted by molar-refractivity contribution is -0.297. The van der Waals surface area contributed by atoms with Crippen LogP contribution in [0.2, 0.25) is 0 Å². The molecule has 1 fully saturated rings. The Kier molecular flexibility index (Phi) is 6.16. The molecular weight excluding hydrogens is 296 g/mol. The van der Waals surface area contributed by atoms with Gasteiger partial charge in [-0.3, -0.25) is 0 Å². The van der Waals surface area contributed by atoms with Gasteiger partial charge in [-0.05, 0) is 31.5 Å². The van der Waals surface area contributed by atoms with Crippen molar-refractivity contribution in [3.05, 3.63) is 29.8 Å². The average molecular weight is 322 g/mol. The highest BCUT2D eigenvalue weighted by molar-refractivity contribution is 5.55. The highest BCUT2D eigenvalue weighted by Gasteiger charge is 2.39. The van der Waals surface area contributed by atoms with Gasteiger partial charge in [0, 0.05) is 5.92 Å². The van der Waals surface area contributed by atoms with E-state index in [2.05, 4.69) is 0 Å². The second-order valence-corrected chi connectivity index (χ2v) is 6.43. The maximum absolute atomic E-state index is 11.2. The summed E-state index contributed by atoms with van der Waals surface area (Å²) in [6, 6.07) is 7.78. The predicted molar refractivity (Wildman–Crippen MR) is 86.3 cm³/mol. The van der Waals surface area contributed by atoms with Crippen LogP contribution >= 0.6 is 0 Å². The van der Waals surface area contributed by atoms with E-state index in [0.717, 1.165) is 17.6 Å². The molecule has 0 aromatic heterocycles. The topological polar surface area (TPSA) is 54.0 Å². The Balaban J connectivity index is 1.84. The molecule has 1 heterocycles. The van der Waals surface area contributed by atoms with E-state index < -0.39 is 5.79 Å². The Morgan fingerprint density at radius 1 is 1.35 bits per heavy atom. The number of carbonyl (C=O) groups excluding carboxylic acids is 1. The third kappa shape index (κ3) is 5.03. The number of methoxy groups -OCH3 is 1. The molecule has 3 atom stereocenters. The van der Waals surface area contributed by atoms with Crippen LogP contribution in [-0.4, -0.2) is 38.5 Å². The fourth-order valence-electron chi connectivity index (χ4n) is 2.68. The summed E-state index contributed by atoms with van der Waals surface area (Å²) >= 11 is 0. The summed E-state index contributed by atoms with van der Waals surface area (Å²) in [5, 5.41) is 0. The molecule has 0 amide bonds. The second kappa shape index (κ2) is 7.90. The standard InChI is InChI=1S/C18H26O5/c1-13(17-15(9-19)12-22-18(2,3)23-17)10-21-11-14-5-7-16(20-4)8-6-14/h5-9,13,15,17H,10-12H2,1-4H3/t13-,15+,17-/m1/s1. The minimum absolute atomic E-state index is 0.103. The van der Waals surface area contributed by atoms with Gasteiger partial charge in [-0.2, -0.15) is 0 Å². The Bertz CT molecular complexity index is 497. The van der Waals surface area contributed by atoms with Crippen LogP contribution in [0.25, 0.3) is 0 Å². The highest BCUT2D eigenvalue weighted by Crippen LogP contribution is 2.29. The monoisotopic (exact) mass is 322 g/mol. The normalized spacial score (nSPS) is 24.9. The van der Waals surface area contributed by atoms with E-state index in [1.807, 2.05) is 45.0 Å². The van der Waals surface area contributed by atoms with E-state index in [9.17, 15) is 4.79 Å². The molecule has 1 aliphatic rings. The number of rotatable bonds is 7. The van der Waals surface area contributed by atoms with Crippen LogP contribution in [0.15, 0.2) is 24.3 Å². The lowest BCUT2D eigenvalue weighted by Gasteiger charge is -2.41.